The van der Waals surface area contributed by atoms with Crippen molar-refractivity contribution in [2.75, 3.05) is 0 Å². The molecule has 0 aliphatic heterocycles. The first-order valence-corrected chi connectivity index (χ1v) is 9.73. The first-order chi connectivity index (χ1) is 13.2. The van der Waals surface area contributed by atoms with Crippen molar-refractivity contribution in [3.63, 3.8) is 0 Å². The summed E-state index contributed by atoms with van der Waals surface area (Å²) in [5, 5.41) is 0. The summed E-state index contributed by atoms with van der Waals surface area (Å²) in [4.78, 5) is 0. The molecule has 0 N–H and O–H groups in total. The summed E-state index contributed by atoms with van der Waals surface area (Å²) in [7, 11) is 0. The molecule has 0 atom stereocenters. The van der Waals surface area contributed by atoms with E-state index in [0.29, 0.717) is 0 Å². The third kappa shape index (κ3) is 19.9. The normalized spacial score (nSPS) is 11.4. The number of benzene rings is 2. The average Bonchev–Trinajstić information content (AvgIpc) is 3.43. The molecule has 2 aromatic rings. The molecule has 4 rings (SSSR count). The Morgan fingerprint density at radius 3 is 1.19 bits per heavy atom. The minimum Gasteiger partial charge on any atom is -0.273 e. The Labute approximate surface area is 178 Å². The smallest absolute Gasteiger partial charge is 0.0866 e. The van der Waals surface area contributed by atoms with Crippen LogP contribution in [0.1, 0.15) is 30.9 Å². The molecule has 0 fully saturated rings. The minimum absolute atomic E-state index is 1.01. The molecule has 2 aromatic carbocycles. The van der Waals surface area contributed by atoms with Crippen molar-refractivity contribution >= 4 is 4.31 Å². The van der Waals surface area contributed by atoms with Crippen molar-refractivity contribution in [2.24, 2.45) is 0 Å². The van der Waals surface area contributed by atoms with E-state index in [9.17, 15) is 0 Å². The second-order valence-electron chi connectivity index (χ2n) is 5.27. The van der Waals surface area contributed by atoms with Gasteiger partial charge in [-0.05, 0) is 0 Å². The van der Waals surface area contributed by atoms with E-state index in [1.165, 1.54) is 0 Å². The molecule has 0 radical (unpaired) electrons. The maximum absolute atomic E-state index is 3.72. The van der Waals surface area contributed by atoms with Gasteiger partial charge in [0.05, 0.1) is 0 Å². The molecule has 0 aromatic heterocycles. The molecule has 0 amide bonds. The van der Waals surface area contributed by atoms with Gasteiger partial charge in [0.1, 0.15) is 0 Å². The van der Waals surface area contributed by atoms with Crippen LogP contribution in [0.2, 0.25) is 0 Å². The van der Waals surface area contributed by atoms with E-state index in [4.69, 9.17) is 0 Å². The van der Waals surface area contributed by atoms with Crippen molar-refractivity contribution in [1.82, 2.24) is 0 Å². The van der Waals surface area contributed by atoms with Crippen LogP contribution in [0.3, 0.4) is 0 Å². The van der Waals surface area contributed by atoms with Crippen LogP contribution in [0.15, 0.2) is 97.1 Å². The zero-order chi connectivity index (χ0) is 20.0. The monoisotopic (exact) mass is 388 g/mol. The summed E-state index contributed by atoms with van der Waals surface area (Å²) < 4.78 is 2.00. The fraction of sp³-hybridized carbons (Fsp3) is 0.115. The molecule has 0 nitrogen and oxygen atoms in total. The molecular formula is C26H28Ti-4. The van der Waals surface area contributed by atoms with Crippen molar-refractivity contribution in [3.8, 4) is 0 Å². The number of allylic oxidation sites excluding steroid dienone is 8. The minimum atomic E-state index is 1.01. The Bertz CT molecular complexity index is 597. The molecule has 2 aliphatic rings. The second-order valence-corrected chi connectivity index (χ2v) is 6.17. The van der Waals surface area contributed by atoms with E-state index in [1.54, 1.807) is 0 Å². The molecule has 140 valence electrons. The Morgan fingerprint density at radius 1 is 0.741 bits per heavy atom. The predicted molar refractivity (Wildman–Crippen MR) is 117 cm³/mol. The fourth-order valence-electron chi connectivity index (χ4n) is 1.64. The van der Waals surface area contributed by atoms with Gasteiger partial charge in [-0.1, -0.05) is 12.1 Å². The maximum Gasteiger partial charge on any atom is -0.0866 e. The van der Waals surface area contributed by atoms with E-state index in [0.717, 1.165) is 24.0 Å². The van der Waals surface area contributed by atoms with Crippen molar-refractivity contribution in [3.05, 3.63) is 134 Å². The summed E-state index contributed by atoms with van der Waals surface area (Å²) >= 11 is 2.00. The van der Waals surface area contributed by atoms with Crippen LogP contribution < -0.4 is 0 Å². The SMILES string of the molecule is C[CH]=[Ti].[C-]1=CC=CC1.[C-]1=CC=CC1.[CH2-]c1ccccc1.[CH2-]c1ccccc1. The van der Waals surface area contributed by atoms with Gasteiger partial charge >= 0.3 is 31.2 Å². The molecule has 0 unspecified atom stereocenters. The van der Waals surface area contributed by atoms with Gasteiger partial charge in [-0.3, -0.25) is 12.2 Å². The van der Waals surface area contributed by atoms with Crippen LogP contribution >= 0.6 is 0 Å². The summed E-state index contributed by atoms with van der Waals surface area (Å²) in [6, 6.07) is 19.7. The summed E-state index contributed by atoms with van der Waals surface area (Å²) in [5.41, 5.74) is 2.14. The van der Waals surface area contributed by atoms with Crippen LogP contribution in [-0.2, 0) is 20.0 Å². The molecular weight excluding hydrogens is 360 g/mol. The molecule has 0 saturated heterocycles. The molecule has 0 spiro atoms. The Hall–Kier alpha value is -2.28. The molecule has 1 heteroatoms. The zero-order valence-electron chi connectivity index (χ0n) is 16.1. The summed E-state index contributed by atoms with van der Waals surface area (Å²) in [5.74, 6) is 0. The van der Waals surface area contributed by atoms with Gasteiger partial charge in [-0.2, -0.15) is 61.4 Å². The second kappa shape index (κ2) is 20.0. The first-order valence-electron chi connectivity index (χ1n) is 8.83. The standard InChI is InChI=1S/2C7H7.2C5H5.C2H4.Ti/c2*1-7-5-3-2-4-6-7;2*1-2-4-5-3-1;1-2;/h2*2-6H,1H2;2*1-3H,4H2;1H,2H3;/q4*-1;;. The Morgan fingerprint density at radius 2 is 1.07 bits per heavy atom. The Kier molecular flexibility index (Phi) is 18.4. The van der Waals surface area contributed by atoms with Crippen molar-refractivity contribution < 1.29 is 20.0 Å². The van der Waals surface area contributed by atoms with E-state index < -0.39 is 0 Å². The summed E-state index contributed by atoms with van der Waals surface area (Å²) in [6.07, 6.45) is 20.0. The third-order valence-corrected chi connectivity index (χ3v) is 2.86. The van der Waals surface area contributed by atoms with E-state index in [2.05, 4.69) is 38.2 Å². The summed E-state index contributed by atoms with van der Waals surface area (Å²) in [6.45, 7) is 9.44. The van der Waals surface area contributed by atoms with Gasteiger partial charge in [0.15, 0.2) is 0 Å². The van der Waals surface area contributed by atoms with E-state index in [1.807, 2.05) is 116 Å². The largest absolute Gasteiger partial charge is 0.273 e. The van der Waals surface area contributed by atoms with E-state index in [-0.39, 0.29) is 0 Å². The van der Waals surface area contributed by atoms with Gasteiger partial charge in [0.2, 0.25) is 0 Å². The molecule has 0 saturated carbocycles. The van der Waals surface area contributed by atoms with Crippen LogP contribution in [0.25, 0.3) is 0 Å². The van der Waals surface area contributed by atoms with Crippen molar-refractivity contribution in [2.45, 2.75) is 19.8 Å². The third-order valence-electron chi connectivity index (χ3n) is 2.86. The topological polar surface area (TPSA) is 0 Å². The van der Waals surface area contributed by atoms with Gasteiger partial charge < -0.3 is 0 Å². The van der Waals surface area contributed by atoms with Gasteiger partial charge in [0, 0.05) is 0 Å². The van der Waals surface area contributed by atoms with Crippen LogP contribution in [0, 0.1) is 26.0 Å². The number of hydrogen-bond acceptors (Lipinski definition) is 0. The van der Waals surface area contributed by atoms with Crippen LogP contribution in [-0.4, -0.2) is 4.31 Å². The fourth-order valence-corrected chi connectivity index (χ4v) is 1.64. The Balaban J connectivity index is 0.000000322. The first kappa shape index (κ1) is 24.7. The molecule has 0 bridgehead atoms. The molecule has 0 heterocycles. The quantitative estimate of drug-likeness (QED) is 0.348. The maximum atomic E-state index is 3.72. The molecule has 2 aliphatic carbocycles. The van der Waals surface area contributed by atoms with Gasteiger partial charge in [0.25, 0.3) is 0 Å². The van der Waals surface area contributed by atoms with Gasteiger partial charge in [-0.15, -0.1) is 37.1 Å². The molecule has 27 heavy (non-hydrogen) atoms. The van der Waals surface area contributed by atoms with Crippen LogP contribution in [0.5, 0.6) is 0 Å². The number of hydrogen-bond donors (Lipinski definition) is 0. The van der Waals surface area contributed by atoms with Crippen LogP contribution in [0.4, 0.5) is 0 Å². The predicted octanol–water partition coefficient (Wildman–Crippen LogP) is 6.70. The van der Waals surface area contributed by atoms with Gasteiger partial charge in [-0.25, -0.2) is 24.3 Å². The average molecular weight is 388 g/mol. The number of rotatable bonds is 0. The van der Waals surface area contributed by atoms with E-state index >= 15 is 0 Å². The zero-order valence-corrected chi connectivity index (χ0v) is 17.7. The van der Waals surface area contributed by atoms with Crippen molar-refractivity contribution in [1.29, 1.82) is 0 Å².